The smallest absolute Gasteiger partial charge is 0.257 e. The number of benzene rings is 1. The maximum Gasteiger partial charge on any atom is 0.257 e. The molecule has 2 fully saturated rings. The second-order valence-corrected chi connectivity index (χ2v) is 5.90. The number of hydrogen-bond donors (Lipinski definition) is 2. The van der Waals surface area contributed by atoms with Crippen molar-refractivity contribution in [2.75, 3.05) is 0 Å². The number of amides is 1. The van der Waals surface area contributed by atoms with E-state index in [0.717, 1.165) is 12.8 Å². The molecule has 0 radical (unpaired) electrons. The standard InChI is InChI=1S/C14H16FNO2S/c15-13-4-3-11(19)7-12(13)14(18)16-8-1-2-9(16)6-10(17)5-8/h3-4,7-10,17,19H,1-2,5-6H2. The van der Waals surface area contributed by atoms with E-state index in [1.54, 1.807) is 4.90 Å². The molecule has 2 bridgehead atoms. The SMILES string of the molecule is O=C(c1cc(S)ccc1F)N1C2CCC1CC(O)C2. The number of thiol groups is 1. The summed E-state index contributed by atoms with van der Waals surface area (Å²) in [7, 11) is 0. The Hall–Kier alpha value is -1.07. The minimum Gasteiger partial charge on any atom is -0.393 e. The Balaban J connectivity index is 1.90. The molecular weight excluding hydrogens is 265 g/mol. The second kappa shape index (κ2) is 4.80. The number of halogens is 1. The molecule has 2 heterocycles. The number of carbonyl (C=O) groups excluding carboxylic acids is 1. The van der Waals surface area contributed by atoms with E-state index in [9.17, 15) is 14.3 Å². The first-order valence-electron chi connectivity index (χ1n) is 6.55. The summed E-state index contributed by atoms with van der Waals surface area (Å²) in [4.78, 5) is 14.9. The number of carbonyl (C=O) groups is 1. The van der Waals surface area contributed by atoms with Gasteiger partial charge < -0.3 is 10.0 Å². The molecule has 1 aromatic rings. The fourth-order valence-electron chi connectivity index (χ4n) is 3.30. The van der Waals surface area contributed by atoms with Gasteiger partial charge in [-0.25, -0.2) is 4.39 Å². The van der Waals surface area contributed by atoms with Gasteiger partial charge in [-0.15, -0.1) is 12.6 Å². The van der Waals surface area contributed by atoms with Crippen LogP contribution in [-0.2, 0) is 0 Å². The van der Waals surface area contributed by atoms with Crippen molar-refractivity contribution in [3.8, 4) is 0 Å². The van der Waals surface area contributed by atoms with E-state index in [-0.39, 0.29) is 29.7 Å². The summed E-state index contributed by atoms with van der Waals surface area (Å²) in [6, 6.07) is 4.37. The minimum atomic E-state index is -0.506. The van der Waals surface area contributed by atoms with Crippen LogP contribution < -0.4 is 0 Å². The molecule has 0 aliphatic carbocycles. The Morgan fingerprint density at radius 2 is 1.95 bits per heavy atom. The lowest BCUT2D eigenvalue weighted by atomic mass is 9.98. The molecule has 2 aliphatic rings. The average molecular weight is 281 g/mol. The lowest BCUT2D eigenvalue weighted by Crippen LogP contribution is -2.48. The number of hydrogen-bond acceptors (Lipinski definition) is 3. The zero-order valence-electron chi connectivity index (χ0n) is 10.4. The molecule has 2 unspecified atom stereocenters. The van der Waals surface area contributed by atoms with E-state index in [2.05, 4.69) is 12.6 Å². The third kappa shape index (κ3) is 2.25. The quantitative estimate of drug-likeness (QED) is 0.775. The zero-order chi connectivity index (χ0) is 13.6. The topological polar surface area (TPSA) is 40.5 Å². The Kier molecular flexibility index (Phi) is 3.27. The van der Waals surface area contributed by atoms with Crippen LogP contribution in [0.15, 0.2) is 23.1 Å². The summed E-state index contributed by atoms with van der Waals surface area (Å²) in [6.07, 6.45) is 2.67. The Labute approximate surface area is 116 Å². The van der Waals surface area contributed by atoms with Crippen molar-refractivity contribution in [2.24, 2.45) is 0 Å². The predicted molar refractivity (Wildman–Crippen MR) is 71.9 cm³/mol. The van der Waals surface area contributed by atoms with Crippen LogP contribution in [0, 0.1) is 5.82 Å². The molecule has 2 saturated heterocycles. The van der Waals surface area contributed by atoms with Crippen LogP contribution in [0.4, 0.5) is 4.39 Å². The van der Waals surface area contributed by atoms with Crippen molar-refractivity contribution < 1.29 is 14.3 Å². The maximum atomic E-state index is 13.8. The molecule has 0 aromatic heterocycles. The molecule has 1 aromatic carbocycles. The van der Waals surface area contributed by atoms with Gasteiger partial charge >= 0.3 is 0 Å². The van der Waals surface area contributed by atoms with Crippen LogP contribution in [0.5, 0.6) is 0 Å². The van der Waals surface area contributed by atoms with Gasteiger partial charge in [0.2, 0.25) is 0 Å². The molecular formula is C14H16FNO2S. The number of aliphatic hydroxyl groups is 1. The van der Waals surface area contributed by atoms with Gasteiger partial charge in [-0.05, 0) is 43.9 Å². The van der Waals surface area contributed by atoms with E-state index in [4.69, 9.17) is 0 Å². The third-order valence-electron chi connectivity index (χ3n) is 4.12. The summed E-state index contributed by atoms with van der Waals surface area (Å²) in [6.45, 7) is 0. The van der Waals surface area contributed by atoms with Gasteiger partial charge in [0.05, 0.1) is 11.7 Å². The lowest BCUT2D eigenvalue weighted by Gasteiger charge is -2.37. The Bertz CT molecular complexity index is 508. The highest BCUT2D eigenvalue weighted by Crippen LogP contribution is 2.37. The number of aliphatic hydroxyl groups excluding tert-OH is 1. The molecule has 2 atom stereocenters. The predicted octanol–water partition coefficient (Wildman–Crippen LogP) is 2.24. The summed E-state index contributed by atoms with van der Waals surface area (Å²) >= 11 is 4.16. The molecule has 0 spiro atoms. The van der Waals surface area contributed by atoms with Gasteiger partial charge in [-0.2, -0.15) is 0 Å². The molecule has 3 nitrogen and oxygen atoms in total. The molecule has 102 valence electrons. The van der Waals surface area contributed by atoms with Gasteiger partial charge in [-0.3, -0.25) is 4.79 Å². The van der Waals surface area contributed by atoms with Crippen molar-refractivity contribution >= 4 is 18.5 Å². The van der Waals surface area contributed by atoms with E-state index in [1.807, 2.05) is 0 Å². The number of rotatable bonds is 1. The lowest BCUT2D eigenvalue weighted by molar-refractivity contribution is 0.0283. The molecule has 19 heavy (non-hydrogen) atoms. The van der Waals surface area contributed by atoms with Crippen molar-refractivity contribution in [2.45, 2.75) is 48.8 Å². The summed E-state index contributed by atoms with van der Waals surface area (Å²) in [5.74, 6) is -0.777. The zero-order valence-corrected chi connectivity index (χ0v) is 11.3. The number of piperidine rings is 1. The van der Waals surface area contributed by atoms with Gasteiger partial charge in [0.25, 0.3) is 5.91 Å². The fourth-order valence-corrected chi connectivity index (χ4v) is 3.50. The highest BCUT2D eigenvalue weighted by molar-refractivity contribution is 7.80. The van der Waals surface area contributed by atoms with Gasteiger partial charge in [0, 0.05) is 17.0 Å². The normalized spacial score (nSPS) is 29.6. The van der Waals surface area contributed by atoms with Gasteiger partial charge in [0.15, 0.2) is 0 Å². The fraction of sp³-hybridized carbons (Fsp3) is 0.500. The summed E-state index contributed by atoms with van der Waals surface area (Å²) in [5, 5.41) is 9.73. The third-order valence-corrected chi connectivity index (χ3v) is 4.40. The average Bonchev–Trinajstić information content (AvgIpc) is 2.64. The first-order valence-corrected chi connectivity index (χ1v) is 7.00. The van der Waals surface area contributed by atoms with Crippen LogP contribution in [0.1, 0.15) is 36.0 Å². The number of nitrogens with zero attached hydrogens (tertiary/aromatic N) is 1. The van der Waals surface area contributed by atoms with Crippen LogP contribution >= 0.6 is 12.6 Å². The van der Waals surface area contributed by atoms with E-state index < -0.39 is 5.82 Å². The van der Waals surface area contributed by atoms with E-state index in [0.29, 0.717) is 17.7 Å². The summed E-state index contributed by atoms with van der Waals surface area (Å²) < 4.78 is 13.8. The van der Waals surface area contributed by atoms with E-state index in [1.165, 1.54) is 18.2 Å². The number of fused-ring (bicyclic) bond motifs is 2. The van der Waals surface area contributed by atoms with Crippen LogP contribution in [0.3, 0.4) is 0 Å². The molecule has 1 amide bonds. The van der Waals surface area contributed by atoms with Crippen LogP contribution in [0.25, 0.3) is 0 Å². The highest BCUT2D eigenvalue weighted by atomic mass is 32.1. The van der Waals surface area contributed by atoms with Crippen molar-refractivity contribution in [3.63, 3.8) is 0 Å². The Morgan fingerprint density at radius 1 is 1.32 bits per heavy atom. The minimum absolute atomic E-state index is 0.0456. The van der Waals surface area contributed by atoms with Crippen molar-refractivity contribution in [3.05, 3.63) is 29.6 Å². The highest BCUT2D eigenvalue weighted by Gasteiger charge is 2.43. The Morgan fingerprint density at radius 3 is 2.58 bits per heavy atom. The first kappa shape index (κ1) is 12.9. The second-order valence-electron chi connectivity index (χ2n) is 5.39. The maximum absolute atomic E-state index is 13.8. The van der Waals surface area contributed by atoms with Gasteiger partial charge in [0.1, 0.15) is 5.82 Å². The van der Waals surface area contributed by atoms with Crippen LogP contribution in [-0.4, -0.2) is 34.1 Å². The van der Waals surface area contributed by atoms with E-state index >= 15 is 0 Å². The monoisotopic (exact) mass is 281 g/mol. The molecule has 1 N–H and O–H groups in total. The molecule has 3 rings (SSSR count). The van der Waals surface area contributed by atoms with Crippen LogP contribution in [0.2, 0.25) is 0 Å². The molecule has 2 aliphatic heterocycles. The first-order chi connectivity index (χ1) is 9.06. The van der Waals surface area contributed by atoms with Crippen molar-refractivity contribution in [1.82, 2.24) is 4.90 Å². The molecule has 5 heteroatoms. The largest absolute Gasteiger partial charge is 0.393 e. The summed E-state index contributed by atoms with van der Waals surface area (Å²) in [5.41, 5.74) is 0.0841. The van der Waals surface area contributed by atoms with Crippen molar-refractivity contribution in [1.29, 1.82) is 0 Å². The molecule has 0 saturated carbocycles. The van der Waals surface area contributed by atoms with Gasteiger partial charge in [-0.1, -0.05) is 0 Å².